The highest BCUT2D eigenvalue weighted by Gasteiger charge is 2.12. The summed E-state index contributed by atoms with van der Waals surface area (Å²) in [6.45, 7) is 0. The van der Waals surface area contributed by atoms with E-state index in [-0.39, 0.29) is 5.82 Å². The smallest absolute Gasteiger partial charge is 0.145 e. The van der Waals surface area contributed by atoms with Gasteiger partial charge >= 0.3 is 0 Å². The molecule has 0 aliphatic heterocycles. The molecule has 17 heavy (non-hydrogen) atoms. The van der Waals surface area contributed by atoms with Crippen molar-refractivity contribution in [1.29, 1.82) is 0 Å². The second-order valence-electron chi connectivity index (χ2n) is 3.99. The SMILES string of the molecule is Cn1ccc2c(F)c(-c3cc(N)n[nH]3)ccc21. The number of hydrogen-bond donors (Lipinski definition) is 2. The van der Waals surface area contributed by atoms with Crippen molar-refractivity contribution in [2.24, 2.45) is 7.05 Å². The summed E-state index contributed by atoms with van der Waals surface area (Å²) in [5.41, 5.74) is 7.44. The number of anilines is 1. The summed E-state index contributed by atoms with van der Waals surface area (Å²) in [7, 11) is 1.88. The molecule has 0 amide bonds. The monoisotopic (exact) mass is 230 g/mol. The Morgan fingerprint density at radius 2 is 2.18 bits per heavy atom. The van der Waals surface area contributed by atoms with Crippen LogP contribution in [0.2, 0.25) is 0 Å². The average Bonchev–Trinajstić information content (AvgIpc) is 2.87. The minimum absolute atomic E-state index is 0.258. The molecule has 3 N–H and O–H groups in total. The van der Waals surface area contributed by atoms with Crippen LogP contribution in [0.1, 0.15) is 0 Å². The van der Waals surface area contributed by atoms with E-state index in [9.17, 15) is 4.39 Å². The summed E-state index contributed by atoms with van der Waals surface area (Å²) < 4.78 is 16.2. The van der Waals surface area contributed by atoms with E-state index < -0.39 is 0 Å². The lowest BCUT2D eigenvalue weighted by molar-refractivity contribution is 0.642. The number of benzene rings is 1. The number of aromatic amines is 1. The highest BCUT2D eigenvalue weighted by Crippen LogP contribution is 2.28. The Hall–Kier alpha value is -2.30. The third-order valence-corrected chi connectivity index (χ3v) is 2.89. The maximum Gasteiger partial charge on any atom is 0.145 e. The number of nitrogen functional groups attached to an aromatic ring is 1. The molecule has 0 bridgehead atoms. The van der Waals surface area contributed by atoms with Crippen LogP contribution in [0.3, 0.4) is 0 Å². The fraction of sp³-hybridized carbons (Fsp3) is 0.0833. The Morgan fingerprint density at radius 1 is 1.35 bits per heavy atom. The standard InChI is InChI=1S/C12H11FN4/c1-17-5-4-8-10(17)3-2-7(12(8)13)9-6-11(14)16-15-9/h2-6H,1H3,(H3,14,15,16). The largest absolute Gasteiger partial charge is 0.382 e. The van der Waals surface area contributed by atoms with Crippen LogP contribution < -0.4 is 5.73 Å². The number of hydrogen-bond acceptors (Lipinski definition) is 2. The summed E-state index contributed by atoms with van der Waals surface area (Å²) in [5, 5.41) is 7.11. The number of aryl methyl sites for hydroxylation is 1. The van der Waals surface area contributed by atoms with Gasteiger partial charge in [-0.15, -0.1) is 0 Å². The molecule has 2 aromatic heterocycles. The number of fused-ring (bicyclic) bond motifs is 1. The molecular weight excluding hydrogens is 219 g/mol. The summed E-state index contributed by atoms with van der Waals surface area (Å²) in [4.78, 5) is 0. The molecule has 5 heteroatoms. The van der Waals surface area contributed by atoms with Crippen molar-refractivity contribution >= 4 is 16.7 Å². The Balaban J connectivity index is 2.28. The first-order chi connectivity index (χ1) is 8.16. The van der Waals surface area contributed by atoms with E-state index in [1.165, 1.54) is 0 Å². The first-order valence-electron chi connectivity index (χ1n) is 5.21. The van der Waals surface area contributed by atoms with Crippen LogP contribution in [0.4, 0.5) is 10.2 Å². The average molecular weight is 230 g/mol. The van der Waals surface area contributed by atoms with Crippen molar-refractivity contribution in [3.8, 4) is 11.3 Å². The molecule has 0 saturated carbocycles. The molecule has 0 aliphatic carbocycles. The van der Waals surface area contributed by atoms with E-state index in [1.807, 2.05) is 23.9 Å². The van der Waals surface area contributed by atoms with Gasteiger partial charge in [0.25, 0.3) is 0 Å². The molecule has 1 aromatic carbocycles. The zero-order valence-electron chi connectivity index (χ0n) is 9.24. The second kappa shape index (κ2) is 3.35. The topological polar surface area (TPSA) is 59.6 Å². The van der Waals surface area contributed by atoms with Gasteiger partial charge in [-0.05, 0) is 18.2 Å². The number of halogens is 1. The van der Waals surface area contributed by atoms with Crippen molar-refractivity contribution in [2.45, 2.75) is 0 Å². The molecule has 0 atom stereocenters. The van der Waals surface area contributed by atoms with Gasteiger partial charge in [-0.1, -0.05) is 0 Å². The predicted octanol–water partition coefficient (Wildman–Crippen LogP) is 2.29. The summed E-state index contributed by atoms with van der Waals surface area (Å²) in [6, 6.07) is 6.98. The molecule has 0 saturated heterocycles. The van der Waals surface area contributed by atoms with Crippen molar-refractivity contribution in [1.82, 2.24) is 14.8 Å². The van der Waals surface area contributed by atoms with Gasteiger partial charge in [-0.3, -0.25) is 5.10 Å². The summed E-state index contributed by atoms with van der Waals surface area (Å²) in [5.74, 6) is 0.0966. The van der Waals surface area contributed by atoms with Crippen LogP contribution >= 0.6 is 0 Å². The minimum atomic E-state index is -0.258. The Kier molecular flexibility index (Phi) is 1.95. The molecule has 4 nitrogen and oxygen atoms in total. The van der Waals surface area contributed by atoms with Gasteiger partial charge in [0, 0.05) is 30.3 Å². The number of rotatable bonds is 1. The quantitative estimate of drug-likeness (QED) is 0.673. The first-order valence-corrected chi connectivity index (χ1v) is 5.21. The Labute approximate surface area is 96.9 Å². The fourth-order valence-corrected chi connectivity index (χ4v) is 2.00. The maximum absolute atomic E-state index is 14.3. The van der Waals surface area contributed by atoms with E-state index in [1.54, 1.807) is 18.2 Å². The van der Waals surface area contributed by atoms with Crippen LogP contribution in [-0.4, -0.2) is 14.8 Å². The molecule has 0 spiro atoms. The first kappa shape index (κ1) is 9.89. The van der Waals surface area contributed by atoms with E-state index in [0.29, 0.717) is 22.5 Å². The highest BCUT2D eigenvalue weighted by molar-refractivity contribution is 5.86. The summed E-state index contributed by atoms with van der Waals surface area (Å²) >= 11 is 0. The van der Waals surface area contributed by atoms with Gasteiger partial charge in [0.1, 0.15) is 11.6 Å². The van der Waals surface area contributed by atoms with Crippen LogP contribution in [0, 0.1) is 5.82 Å². The molecular formula is C12H11FN4. The molecule has 3 aromatic rings. The van der Waals surface area contributed by atoms with Crippen molar-refractivity contribution < 1.29 is 4.39 Å². The number of aromatic nitrogens is 3. The third kappa shape index (κ3) is 1.39. The number of nitrogens with one attached hydrogen (secondary N) is 1. The van der Waals surface area contributed by atoms with Crippen molar-refractivity contribution in [3.05, 3.63) is 36.3 Å². The Bertz CT molecular complexity index is 696. The van der Waals surface area contributed by atoms with Gasteiger partial charge < -0.3 is 10.3 Å². The minimum Gasteiger partial charge on any atom is -0.382 e. The molecule has 2 heterocycles. The predicted molar refractivity (Wildman–Crippen MR) is 64.9 cm³/mol. The van der Waals surface area contributed by atoms with Crippen LogP contribution in [0.15, 0.2) is 30.5 Å². The van der Waals surface area contributed by atoms with E-state index in [0.717, 1.165) is 5.52 Å². The highest BCUT2D eigenvalue weighted by atomic mass is 19.1. The molecule has 0 aliphatic rings. The normalized spacial score (nSPS) is 11.2. The van der Waals surface area contributed by atoms with Gasteiger partial charge in [0.15, 0.2) is 0 Å². The van der Waals surface area contributed by atoms with Gasteiger partial charge in [0.2, 0.25) is 0 Å². The number of H-pyrrole nitrogens is 1. The lowest BCUT2D eigenvalue weighted by Gasteiger charge is -2.02. The van der Waals surface area contributed by atoms with Gasteiger partial charge in [-0.25, -0.2) is 4.39 Å². The van der Waals surface area contributed by atoms with Crippen LogP contribution in [0.5, 0.6) is 0 Å². The zero-order valence-corrected chi connectivity index (χ0v) is 9.24. The maximum atomic E-state index is 14.3. The molecule has 0 unspecified atom stereocenters. The van der Waals surface area contributed by atoms with E-state index in [2.05, 4.69) is 10.2 Å². The van der Waals surface area contributed by atoms with Crippen molar-refractivity contribution in [2.75, 3.05) is 5.73 Å². The van der Waals surface area contributed by atoms with E-state index >= 15 is 0 Å². The van der Waals surface area contributed by atoms with Crippen molar-refractivity contribution in [3.63, 3.8) is 0 Å². The van der Waals surface area contributed by atoms with Gasteiger partial charge in [-0.2, -0.15) is 5.10 Å². The fourth-order valence-electron chi connectivity index (χ4n) is 2.00. The number of nitrogens with two attached hydrogens (primary N) is 1. The van der Waals surface area contributed by atoms with Gasteiger partial charge in [0.05, 0.1) is 11.2 Å². The molecule has 3 rings (SSSR count). The molecule has 0 radical (unpaired) electrons. The second-order valence-corrected chi connectivity index (χ2v) is 3.99. The Morgan fingerprint density at radius 3 is 2.88 bits per heavy atom. The molecule has 86 valence electrons. The lowest BCUT2D eigenvalue weighted by atomic mass is 10.1. The van der Waals surface area contributed by atoms with E-state index in [4.69, 9.17) is 5.73 Å². The summed E-state index contributed by atoms with van der Waals surface area (Å²) in [6.07, 6.45) is 1.83. The zero-order chi connectivity index (χ0) is 12.0. The third-order valence-electron chi connectivity index (χ3n) is 2.89. The lowest BCUT2D eigenvalue weighted by Crippen LogP contribution is -1.88. The van der Waals surface area contributed by atoms with Crippen LogP contribution in [-0.2, 0) is 7.05 Å². The molecule has 0 fully saturated rings. The van der Waals surface area contributed by atoms with Crippen LogP contribution in [0.25, 0.3) is 22.2 Å². The number of nitrogens with zero attached hydrogens (tertiary/aromatic N) is 2.